The summed E-state index contributed by atoms with van der Waals surface area (Å²) in [6, 6.07) is 12.1. The van der Waals surface area contributed by atoms with Crippen LogP contribution in [0.15, 0.2) is 42.6 Å². The number of carbonyl (C=O) groups excluding carboxylic acids is 1. The van der Waals surface area contributed by atoms with E-state index in [-0.39, 0.29) is 11.9 Å². The quantitative estimate of drug-likeness (QED) is 0.851. The van der Waals surface area contributed by atoms with E-state index in [1.807, 2.05) is 48.2 Å². The van der Waals surface area contributed by atoms with Crippen LogP contribution in [0.2, 0.25) is 0 Å². The summed E-state index contributed by atoms with van der Waals surface area (Å²) in [6.45, 7) is 5.28. The lowest BCUT2D eigenvalue weighted by atomic mass is 10.0. The number of benzene rings is 1. The number of piperidine rings is 1. The molecule has 2 N–H and O–H groups in total. The van der Waals surface area contributed by atoms with Crippen LogP contribution in [0.1, 0.15) is 28.8 Å². The van der Waals surface area contributed by atoms with Crippen molar-refractivity contribution in [2.24, 2.45) is 0 Å². The van der Waals surface area contributed by atoms with Gasteiger partial charge in [0.15, 0.2) is 0 Å². The maximum atomic E-state index is 13.4. The Bertz CT molecular complexity index is 783. The van der Waals surface area contributed by atoms with E-state index < -0.39 is 0 Å². The molecule has 3 heterocycles. The first-order valence-electron chi connectivity index (χ1n) is 9.62. The Morgan fingerprint density at radius 2 is 2.07 bits per heavy atom. The second-order valence-corrected chi connectivity index (χ2v) is 7.28. The van der Waals surface area contributed by atoms with Crippen molar-refractivity contribution in [2.45, 2.75) is 31.8 Å². The summed E-state index contributed by atoms with van der Waals surface area (Å²) in [7, 11) is 0. The second-order valence-electron chi connectivity index (χ2n) is 7.28. The summed E-state index contributed by atoms with van der Waals surface area (Å²) < 4.78 is 5.19. The van der Waals surface area contributed by atoms with Crippen molar-refractivity contribution in [1.82, 2.24) is 10.3 Å². The van der Waals surface area contributed by atoms with Crippen molar-refractivity contribution in [1.29, 1.82) is 0 Å². The van der Waals surface area contributed by atoms with Crippen LogP contribution in [-0.4, -0.2) is 49.3 Å². The van der Waals surface area contributed by atoms with Gasteiger partial charge in [-0.15, -0.1) is 0 Å². The number of ether oxygens (including phenoxy) is 1. The van der Waals surface area contributed by atoms with Crippen LogP contribution < -0.4 is 15.5 Å². The first-order valence-corrected chi connectivity index (χ1v) is 9.62. The lowest BCUT2D eigenvalue weighted by Gasteiger charge is -2.35. The SMILES string of the molecule is Cc1cccnc1N(C(=O)c1ccc(NC2COC2)cc1)[C@@H]1CCCNC1. The van der Waals surface area contributed by atoms with Gasteiger partial charge in [0, 0.05) is 24.0 Å². The molecule has 0 bridgehead atoms. The Morgan fingerprint density at radius 3 is 2.70 bits per heavy atom. The minimum absolute atomic E-state index is 0.00373. The third-order valence-corrected chi connectivity index (χ3v) is 5.21. The Morgan fingerprint density at radius 1 is 1.26 bits per heavy atom. The molecule has 1 amide bonds. The predicted molar refractivity (Wildman–Crippen MR) is 106 cm³/mol. The van der Waals surface area contributed by atoms with Crippen LogP contribution in [0.4, 0.5) is 11.5 Å². The van der Waals surface area contributed by atoms with Gasteiger partial charge >= 0.3 is 0 Å². The lowest BCUT2D eigenvalue weighted by molar-refractivity contribution is 0.0211. The molecule has 2 saturated heterocycles. The molecule has 27 heavy (non-hydrogen) atoms. The van der Waals surface area contributed by atoms with E-state index in [1.165, 1.54) is 0 Å². The number of anilines is 2. The van der Waals surface area contributed by atoms with E-state index in [9.17, 15) is 4.79 Å². The number of nitrogens with one attached hydrogen (secondary N) is 2. The Labute approximate surface area is 159 Å². The fourth-order valence-corrected chi connectivity index (χ4v) is 3.62. The summed E-state index contributed by atoms with van der Waals surface area (Å²) >= 11 is 0. The molecule has 2 fully saturated rings. The van der Waals surface area contributed by atoms with Gasteiger partial charge in [-0.1, -0.05) is 6.07 Å². The molecule has 0 spiro atoms. The molecule has 0 unspecified atom stereocenters. The van der Waals surface area contributed by atoms with Gasteiger partial charge in [0.2, 0.25) is 0 Å². The van der Waals surface area contributed by atoms with E-state index >= 15 is 0 Å². The molecule has 2 aliphatic rings. The zero-order valence-electron chi connectivity index (χ0n) is 15.6. The normalized spacial score (nSPS) is 20.0. The second kappa shape index (κ2) is 8.06. The standard InChI is InChI=1S/C21H26N4O2/c1-15-4-2-11-23-20(15)25(19-5-3-10-22-12-19)21(26)16-6-8-17(9-7-16)24-18-13-27-14-18/h2,4,6-9,11,18-19,22,24H,3,5,10,12-14H2,1H3/t19-/m1/s1. The van der Waals surface area contributed by atoms with Gasteiger partial charge in [-0.25, -0.2) is 4.98 Å². The highest BCUT2D eigenvalue weighted by Crippen LogP contribution is 2.25. The zero-order chi connectivity index (χ0) is 18.6. The van der Waals surface area contributed by atoms with Crippen LogP contribution in [0.5, 0.6) is 0 Å². The fraction of sp³-hybridized carbons (Fsp3) is 0.429. The van der Waals surface area contributed by atoms with E-state index in [0.717, 1.165) is 56.2 Å². The van der Waals surface area contributed by atoms with Gasteiger partial charge in [-0.05, 0) is 62.2 Å². The molecule has 2 aliphatic heterocycles. The van der Waals surface area contributed by atoms with Crippen LogP contribution in [0, 0.1) is 6.92 Å². The number of amides is 1. The number of hydrogen-bond donors (Lipinski definition) is 2. The number of carbonyl (C=O) groups is 1. The number of hydrogen-bond acceptors (Lipinski definition) is 5. The molecular weight excluding hydrogens is 340 g/mol. The number of aryl methyl sites for hydroxylation is 1. The topological polar surface area (TPSA) is 66.5 Å². The van der Waals surface area contributed by atoms with Crippen molar-refractivity contribution in [3.63, 3.8) is 0 Å². The van der Waals surface area contributed by atoms with E-state index in [0.29, 0.717) is 11.6 Å². The van der Waals surface area contributed by atoms with Crippen LogP contribution in [-0.2, 0) is 4.74 Å². The monoisotopic (exact) mass is 366 g/mol. The molecule has 6 heteroatoms. The summed E-state index contributed by atoms with van der Waals surface area (Å²) in [6.07, 6.45) is 3.80. The van der Waals surface area contributed by atoms with E-state index in [4.69, 9.17) is 4.74 Å². The number of pyridine rings is 1. The predicted octanol–water partition coefficient (Wildman–Crippen LogP) is 2.60. The minimum Gasteiger partial charge on any atom is -0.378 e. The molecule has 6 nitrogen and oxygen atoms in total. The minimum atomic E-state index is 0.00373. The van der Waals surface area contributed by atoms with Crippen molar-refractivity contribution in [2.75, 3.05) is 36.5 Å². The number of aromatic nitrogens is 1. The molecule has 2 aromatic rings. The van der Waals surface area contributed by atoms with Crippen LogP contribution in [0.3, 0.4) is 0 Å². The average Bonchev–Trinajstić information content (AvgIpc) is 2.68. The average molecular weight is 366 g/mol. The summed E-state index contributed by atoms with van der Waals surface area (Å²) in [5, 5.41) is 6.82. The van der Waals surface area contributed by atoms with E-state index in [1.54, 1.807) is 6.20 Å². The molecule has 1 aromatic heterocycles. The molecule has 4 rings (SSSR count). The highest BCUT2D eigenvalue weighted by Gasteiger charge is 2.29. The molecule has 0 aliphatic carbocycles. The van der Waals surface area contributed by atoms with Crippen molar-refractivity contribution < 1.29 is 9.53 Å². The first-order chi connectivity index (χ1) is 13.2. The number of rotatable bonds is 5. The van der Waals surface area contributed by atoms with Crippen molar-refractivity contribution in [3.05, 3.63) is 53.7 Å². The maximum absolute atomic E-state index is 13.4. The molecule has 142 valence electrons. The molecule has 0 radical (unpaired) electrons. The van der Waals surface area contributed by atoms with E-state index in [2.05, 4.69) is 15.6 Å². The highest BCUT2D eigenvalue weighted by molar-refractivity contribution is 6.06. The Balaban J connectivity index is 1.58. The largest absolute Gasteiger partial charge is 0.378 e. The third-order valence-electron chi connectivity index (χ3n) is 5.21. The number of nitrogens with zero attached hydrogens (tertiary/aromatic N) is 2. The van der Waals surface area contributed by atoms with Gasteiger partial charge in [0.05, 0.1) is 25.3 Å². The van der Waals surface area contributed by atoms with Gasteiger partial charge in [-0.3, -0.25) is 9.69 Å². The third kappa shape index (κ3) is 3.96. The van der Waals surface area contributed by atoms with Crippen molar-refractivity contribution in [3.8, 4) is 0 Å². The molecular formula is C21H26N4O2. The summed E-state index contributed by atoms with van der Waals surface area (Å²) in [5.41, 5.74) is 2.71. The van der Waals surface area contributed by atoms with Gasteiger partial charge < -0.3 is 15.4 Å². The molecule has 0 saturated carbocycles. The van der Waals surface area contributed by atoms with Crippen LogP contribution >= 0.6 is 0 Å². The smallest absolute Gasteiger partial charge is 0.259 e. The fourth-order valence-electron chi connectivity index (χ4n) is 3.62. The molecule has 1 aromatic carbocycles. The molecule has 1 atom stereocenters. The van der Waals surface area contributed by atoms with Crippen LogP contribution in [0.25, 0.3) is 0 Å². The maximum Gasteiger partial charge on any atom is 0.259 e. The lowest BCUT2D eigenvalue weighted by Crippen LogP contribution is -2.49. The first kappa shape index (κ1) is 17.9. The van der Waals surface area contributed by atoms with Gasteiger partial charge in [0.1, 0.15) is 5.82 Å². The highest BCUT2D eigenvalue weighted by atomic mass is 16.5. The van der Waals surface area contributed by atoms with Crippen molar-refractivity contribution >= 4 is 17.4 Å². The van der Waals surface area contributed by atoms with Gasteiger partial charge in [-0.2, -0.15) is 0 Å². The zero-order valence-corrected chi connectivity index (χ0v) is 15.6. The summed E-state index contributed by atoms with van der Waals surface area (Å²) in [5.74, 6) is 0.758. The Kier molecular flexibility index (Phi) is 5.36. The Hall–Kier alpha value is -2.44. The summed E-state index contributed by atoms with van der Waals surface area (Å²) in [4.78, 5) is 19.8. The van der Waals surface area contributed by atoms with Gasteiger partial charge in [0.25, 0.3) is 5.91 Å².